The van der Waals surface area contributed by atoms with E-state index in [1.807, 2.05) is 95.0 Å². The van der Waals surface area contributed by atoms with Crippen LogP contribution in [0.5, 0.6) is 5.75 Å². The molecule has 4 aromatic rings. The van der Waals surface area contributed by atoms with Crippen molar-refractivity contribution in [1.82, 2.24) is 29.0 Å². The molecule has 154 valence electrons. The fourth-order valence-corrected chi connectivity index (χ4v) is 3.51. The van der Waals surface area contributed by atoms with E-state index >= 15 is 0 Å². The third-order valence-electron chi connectivity index (χ3n) is 4.87. The monoisotopic (exact) mass is 420 g/mol. The summed E-state index contributed by atoms with van der Waals surface area (Å²) in [4.78, 5) is 2.16. The van der Waals surface area contributed by atoms with Crippen LogP contribution in [0.3, 0.4) is 0 Å². The molecule has 2 aromatic heterocycles. The van der Waals surface area contributed by atoms with Crippen LogP contribution in [0.25, 0.3) is 17.1 Å². The van der Waals surface area contributed by atoms with Crippen LogP contribution in [0.15, 0.2) is 67.0 Å². The minimum absolute atomic E-state index is 0.583. The lowest BCUT2D eigenvalue weighted by Crippen LogP contribution is -2.22. The average molecular weight is 421 g/mol. The van der Waals surface area contributed by atoms with Crippen LogP contribution in [-0.2, 0) is 20.3 Å². The van der Waals surface area contributed by atoms with Gasteiger partial charge in [-0.3, -0.25) is 4.90 Å². The largest absolute Gasteiger partial charge is 0.497 e. The van der Waals surface area contributed by atoms with E-state index in [0.717, 1.165) is 34.9 Å². The van der Waals surface area contributed by atoms with Crippen LogP contribution < -0.4 is 4.74 Å². The quantitative estimate of drug-likeness (QED) is 0.425. The summed E-state index contributed by atoms with van der Waals surface area (Å²) in [6, 6.07) is 17.9. The van der Waals surface area contributed by atoms with E-state index in [2.05, 4.69) is 10.00 Å². The minimum atomic E-state index is 0.583. The summed E-state index contributed by atoms with van der Waals surface area (Å²) in [7, 11) is 5.64. The van der Waals surface area contributed by atoms with Crippen molar-refractivity contribution in [1.29, 1.82) is 0 Å². The third kappa shape index (κ3) is 4.19. The third-order valence-corrected chi connectivity index (χ3v) is 5.36. The fraction of sp³-hybridized carbons (Fsp3) is 0.227. The summed E-state index contributed by atoms with van der Waals surface area (Å²) in [6.07, 6.45) is 3.94. The van der Waals surface area contributed by atoms with Gasteiger partial charge >= 0.3 is 0 Å². The van der Waals surface area contributed by atoms with Gasteiger partial charge in [0.25, 0.3) is 0 Å². The second-order valence-corrected chi connectivity index (χ2v) is 7.54. The molecular formula is C22H24N6OS. The number of rotatable bonds is 7. The average Bonchev–Trinajstić information content (AvgIpc) is 3.34. The van der Waals surface area contributed by atoms with Crippen molar-refractivity contribution in [3.05, 3.63) is 77.3 Å². The van der Waals surface area contributed by atoms with Crippen LogP contribution in [0.4, 0.5) is 0 Å². The molecule has 0 aliphatic carbocycles. The van der Waals surface area contributed by atoms with Crippen LogP contribution in [0, 0.1) is 4.77 Å². The number of nitrogens with zero attached hydrogens (tertiary/aromatic N) is 6. The number of aromatic nitrogens is 5. The first-order chi connectivity index (χ1) is 14.5. The first-order valence-corrected chi connectivity index (χ1v) is 10.0. The standard InChI is InChI=1S/C22H24N6OS/c1-25(14-17-13-23-27(15-17)19-7-5-4-6-8-19)16-28-22(30)26(2)21(24-28)18-9-11-20(29-3)12-10-18/h4-13,15H,14,16H2,1-3H3. The van der Waals surface area contributed by atoms with Crippen LogP contribution in [0.2, 0.25) is 0 Å². The van der Waals surface area contributed by atoms with Gasteiger partial charge < -0.3 is 9.30 Å². The molecule has 2 heterocycles. The summed E-state index contributed by atoms with van der Waals surface area (Å²) in [6.45, 7) is 1.32. The van der Waals surface area contributed by atoms with Gasteiger partial charge in [-0.15, -0.1) is 0 Å². The van der Waals surface area contributed by atoms with Crippen molar-refractivity contribution in [3.8, 4) is 22.8 Å². The summed E-state index contributed by atoms with van der Waals surface area (Å²) in [5.74, 6) is 1.64. The maximum absolute atomic E-state index is 5.61. The molecule has 0 bridgehead atoms. The van der Waals surface area contributed by atoms with Crippen molar-refractivity contribution >= 4 is 12.2 Å². The smallest absolute Gasteiger partial charge is 0.199 e. The molecule has 0 unspecified atom stereocenters. The second kappa shape index (κ2) is 8.64. The molecule has 0 N–H and O–H groups in total. The molecule has 0 aliphatic rings. The number of hydrogen-bond donors (Lipinski definition) is 0. The lowest BCUT2D eigenvalue weighted by atomic mass is 10.2. The summed E-state index contributed by atoms with van der Waals surface area (Å²) < 4.78 is 11.6. The molecule has 0 spiro atoms. The molecule has 7 nitrogen and oxygen atoms in total. The Morgan fingerprint density at radius 2 is 1.80 bits per heavy atom. The number of benzene rings is 2. The molecule has 0 saturated carbocycles. The van der Waals surface area contributed by atoms with Gasteiger partial charge in [0, 0.05) is 30.9 Å². The number of hydrogen-bond acceptors (Lipinski definition) is 5. The molecular weight excluding hydrogens is 396 g/mol. The number of methoxy groups -OCH3 is 1. The fourth-order valence-electron chi connectivity index (χ4n) is 3.33. The van der Waals surface area contributed by atoms with E-state index in [-0.39, 0.29) is 0 Å². The minimum Gasteiger partial charge on any atom is -0.497 e. The second-order valence-electron chi connectivity index (χ2n) is 7.18. The molecule has 8 heteroatoms. The predicted molar refractivity (Wildman–Crippen MR) is 119 cm³/mol. The number of para-hydroxylation sites is 1. The van der Waals surface area contributed by atoms with Crippen molar-refractivity contribution in [2.75, 3.05) is 14.2 Å². The topological polar surface area (TPSA) is 53.0 Å². The molecule has 4 rings (SSSR count). The van der Waals surface area contributed by atoms with E-state index in [1.54, 1.807) is 7.11 Å². The van der Waals surface area contributed by atoms with E-state index in [9.17, 15) is 0 Å². The van der Waals surface area contributed by atoms with Gasteiger partial charge in [-0.05, 0) is 55.7 Å². The highest BCUT2D eigenvalue weighted by Crippen LogP contribution is 2.21. The van der Waals surface area contributed by atoms with Gasteiger partial charge in [0.15, 0.2) is 10.6 Å². The maximum atomic E-state index is 5.61. The zero-order chi connectivity index (χ0) is 21.1. The molecule has 0 saturated heterocycles. The Hall–Kier alpha value is -3.23. The van der Waals surface area contributed by atoms with Gasteiger partial charge in [-0.25, -0.2) is 9.36 Å². The van der Waals surface area contributed by atoms with Crippen molar-refractivity contribution in [3.63, 3.8) is 0 Å². The van der Waals surface area contributed by atoms with Crippen molar-refractivity contribution < 1.29 is 4.74 Å². The van der Waals surface area contributed by atoms with Gasteiger partial charge in [0.2, 0.25) is 0 Å². The zero-order valence-electron chi connectivity index (χ0n) is 17.3. The highest BCUT2D eigenvalue weighted by atomic mass is 32.1. The van der Waals surface area contributed by atoms with Crippen molar-refractivity contribution in [2.24, 2.45) is 7.05 Å². The van der Waals surface area contributed by atoms with Gasteiger partial charge in [-0.2, -0.15) is 10.2 Å². The Morgan fingerprint density at radius 1 is 1.07 bits per heavy atom. The van der Waals surface area contributed by atoms with Crippen LogP contribution >= 0.6 is 12.2 Å². The summed E-state index contributed by atoms with van der Waals surface area (Å²) >= 11 is 5.61. The van der Waals surface area contributed by atoms with E-state index in [4.69, 9.17) is 22.1 Å². The molecule has 0 fully saturated rings. The SMILES string of the molecule is COc1ccc(-c2nn(CN(C)Cc3cnn(-c4ccccc4)c3)c(=S)n2C)cc1. The van der Waals surface area contributed by atoms with Gasteiger partial charge in [0.05, 0.1) is 25.7 Å². The first kappa shape index (κ1) is 20.1. The Kier molecular flexibility index (Phi) is 5.78. The Balaban J connectivity index is 1.48. The lowest BCUT2D eigenvalue weighted by Gasteiger charge is -2.15. The molecule has 0 atom stereocenters. The predicted octanol–water partition coefficient (Wildman–Crippen LogP) is 3.90. The Labute approximate surface area is 180 Å². The van der Waals surface area contributed by atoms with E-state index in [1.165, 1.54) is 0 Å². The molecule has 30 heavy (non-hydrogen) atoms. The zero-order valence-corrected chi connectivity index (χ0v) is 18.1. The summed E-state index contributed by atoms with van der Waals surface area (Å²) in [5, 5.41) is 9.21. The first-order valence-electron chi connectivity index (χ1n) is 9.61. The lowest BCUT2D eigenvalue weighted by molar-refractivity contribution is 0.244. The highest BCUT2D eigenvalue weighted by Gasteiger charge is 2.12. The Bertz CT molecular complexity index is 1180. The van der Waals surface area contributed by atoms with Crippen LogP contribution in [-0.4, -0.2) is 43.2 Å². The summed E-state index contributed by atoms with van der Waals surface area (Å²) in [5.41, 5.74) is 3.16. The normalized spacial score (nSPS) is 11.2. The number of ether oxygens (including phenoxy) is 1. The van der Waals surface area contributed by atoms with Crippen LogP contribution in [0.1, 0.15) is 5.56 Å². The maximum Gasteiger partial charge on any atom is 0.199 e. The molecule has 0 radical (unpaired) electrons. The highest BCUT2D eigenvalue weighted by molar-refractivity contribution is 7.71. The van der Waals surface area contributed by atoms with Crippen molar-refractivity contribution in [2.45, 2.75) is 13.2 Å². The molecule has 0 amide bonds. The molecule has 0 aliphatic heterocycles. The van der Waals surface area contributed by atoms with E-state index in [0.29, 0.717) is 11.4 Å². The van der Waals surface area contributed by atoms with Gasteiger partial charge in [-0.1, -0.05) is 18.2 Å². The van der Waals surface area contributed by atoms with Gasteiger partial charge in [0.1, 0.15) is 5.75 Å². The molecule has 2 aromatic carbocycles. The van der Waals surface area contributed by atoms with E-state index < -0.39 is 0 Å². The Morgan fingerprint density at radius 3 is 2.50 bits per heavy atom.